The highest BCUT2D eigenvalue weighted by Gasteiger charge is 2.14. The Bertz CT molecular complexity index is 367. The fourth-order valence-electron chi connectivity index (χ4n) is 1.76. The van der Waals surface area contributed by atoms with Gasteiger partial charge in [0.15, 0.2) is 0 Å². The lowest BCUT2D eigenvalue weighted by Gasteiger charge is -2.18. The van der Waals surface area contributed by atoms with E-state index in [2.05, 4.69) is 11.8 Å². The summed E-state index contributed by atoms with van der Waals surface area (Å²) < 4.78 is 5.51. The minimum absolute atomic E-state index is 0.0565. The molecule has 96 valence electrons. The van der Waals surface area contributed by atoms with Crippen LogP contribution in [0.15, 0.2) is 17.0 Å². The second kappa shape index (κ2) is 6.89. The Morgan fingerprint density at radius 3 is 2.41 bits per heavy atom. The molecule has 0 radical (unpaired) electrons. The lowest BCUT2D eigenvalue weighted by atomic mass is 10.1. The molecule has 0 spiro atoms. The Balaban J connectivity index is 3.19. The molecule has 17 heavy (non-hydrogen) atoms. The molecule has 0 aliphatic rings. The van der Waals surface area contributed by atoms with Gasteiger partial charge in [0.1, 0.15) is 5.75 Å². The van der Waals surface area contributed by atoms with Crippen molar-refractivity contribution < 1.29 is 9.84 Å². The standard InChI is InChI=1S/C13H21NO2S/c1-5-17-13-11(9-15)7-6-10(8-14(2)3)12(13)16-4/h6-7,15H,5,8-9H2,1-4H3. The third kappa shape index (κ3) is 3.63. The van der Waals surface area contributed by atoms with Crippen molar-refractivity contribution in [2.24, 2.45) is 0 Å². The van der Waals surface area contributed by atoms with E-state index in [4.69, 9.17) is 4.74 Å². The van der Waals surface area contributed by atoms with E-state index < -0.39 is 0 Å². The molecule has 0 aromatic heterocycles. The molecule has 1 aromatic rings. The molecule has 0 aliphatic carbocycles. The van der Waals surface area contributed by atoms with Crippen LogP contribution in [-0.2, 0) is 13.2 Å². The van der Waals surface area contributed by atoms with E-state index in [-0.39, 0.29) is 6.61 Å². The lowest BCUT2D eigenvalue weighted by molar-refractivity contribution is 0.276. The van der Waals surface area contributed by atoms with Crippen molar-refractivity contribution in [2.45, 2.75) is 25.0 Å². The molecule has 0 bridgehead atoms. The molecule has 1 aromatic carbocycles. The van der Waals surface area contributed by atoms with Crippen LogP contribution in [-0.4, -0.2) is 37.0 Å². The normalized spacial score (nSPS) is 10.9. The molecule has 3 nitrogen and oxygen atoms in total. The van der Waals surface area contributed by atoms with E-state index in [0.717, 1.165) is 34.1 Å². The first-order valence-corrected chi connectivity index (χ1v) is 6.69. The van der Waals surface area contributed by atoms with Crippen LogP contribution in [0.1, 0.15) is 18.1 Å². The van der Waals surface area contributed by atoms with Gasteiger partial charge < -0.3 is 14.7 Å². The smallest absolute Gasteiger partial charge is 0.137 e. The fraction of sp³-hybridized carbons (Fsp3) is 0.538. The van der Waals surface area contributed by atoms with Crippen LogP contribution in [0.3, 0.4) is 0 Å². The highest BCUT2D eigenvalue weighted by Crippen LogP contribution is 2.36. The maximum Gasteiger partial charge on any atom is 0.137 e. The summed E-state index contributed by atoms with van der Waals surface area (Å²) in [5.74, 6) is 1.87. The summed E-state index contributed by atoms with van der Waals surface area (Å²) in [5, 5.41) is 9.36. The molecule has 4 heteroatoms. The monoisotopic (exact) mass is 255 g/mol. The average Bonchev–Trinajstić information content (AvgIpc) is 2.29. The van der Waals surface area contributed by atoms with Crippen LogP contribution >= 0.6 is 11.8 Å². The predicted molar refractivity (Wildman–Crippen MR) is 72.7 cm³/mol. The molecule has 0 atom stereocenters. The van der Waals surface area contributed by atoms with Crippen LogP contribution in [0.25, 0.3) is 0 Å². The molecular weight excluding hydrogens is 234 g/mol. The number of methoxy groups -OCH3 is 1. The second-order valence-corrected chi connectivity index (χ2v) is 5.35. The maximum absolute atomic E-state index is 9.36. The zero-order chi connectivity index (χ0) is 12.8. The van der Waals surface area contributed by atoms with E-state index in [1.54, 1.807) is 18.9 Å². The van der Waals surface area contributed by atoms with Crippen LogP contribution in [0.4, 0.5) is 0 Å². The summed E-state index contributed by atoms with van der Waals surface area (Å²) in [6.45, 7) is 3.00. The van der Waals surface area contributed by atoms with Crippen LogP contribution < -0.4 is 4.74 Å². The minimum atomic E-state index is 0.0565. The van der Waals surface area contributed by atoms with Crippen molar-refractivity contribution in [3.8, 4) is 5.75 Å². The van der Waals surface area contributed by atoms with E-state index in [1.165, 1.54) is 0 Å². The number of hydrogen-bond donors (Lipinski definition) is 1. The maximum atomic E-state index is 9.36. The van der Waals surface area contributed by atoms with Gasteiger partial charge in [-0.25, -0.2) is 0 Å². The first-order valence-electron chi connectivity index (χ1n) is 5.71. The molecule has 0 saturated heterocycles. The minimum Gasteiger partial charge on any atom is -0.495 e. The molecular formula is C13H21NO2S. The first-order chi connectivity index (χ1) is 8.13. The van der Waals surface area contributed by atoms with E-state index >= 15 is 0 Å². The Morgan fingerprint density at radius 1 is 1.29 bits per heavy atom. The van der Waals surface area contributed by atoms with Crippen molar-refractivity contribution in [3.63, 3.8) is 0 Å². The van der Waals surface area contributed by atoms with Crippen molar-refractivity contribution >= 4 is 11.8 Å². The third-order valence-corrected chi connectivity index (χ3v) is 3.45. The zero-order valence-electron chi connectivity index (χ0n) is 11.0. The quantitative estimate of drug-likeness (QED) is 0.791. The zero-order valence-corrected chi connectivity index (χ0v) is 11.8. The van der Waals surface area contributed by atoms with Gasteiger partial charge in [-0.05, 0) is 25.4 Å². The average molecular weight is 255 g/mol. The number of thioether (sulfide) groups is 1. The van der Waals surface area contributed by atoms with Crippen LogP contribution in [0, 0.1) is 0 Å². The topological polar surface area (TPSA) is 32.7 Å². The summed E-state index contributed by atoms with van der Waals surface area (Å²) in [7, 11) is 5.76. The molecule has 0 heterocycles. The lowest BCUT2D eigenvalue weighted by Crippen LogP contribution is -2.12. The number of aliphatic hydroxyl groups is 1. The first kappa shape index (κ1) is 14.4. The van der Waals surface area contributed by atoms with Crippen LogP contribution in [0.2, 0.25) is 0 Å². The van der Waals surface area contributed by atoms with E-state index in [0.29, 0.717) is 0 Å². The summed E-state index contributed by atoms with van der Waals surface area (Å²) in [4.78, 5) is 3.17. The summed E-state index contributed by atoms with van der Waals surface area (Å²) in [5.41, 5.74) is 2.10. The SMILES string of the molecule is CCSc1c(CO)ccc(CN(C)C)c1OC. The molecule has 0 aliphatic heterocycles. The summed E-state index contributed by atoms with van der Waals surface area (Å²) >= 11 is 1.72. The molecule has 0 amide bonds. The Hall–Kier alpha value is -0.710. The van der Waals surface area contributed by atoms with Gasteiger partial charge in [0.25, 0.3) is 0 Å². The summed E-state index contributed by atoms with van der Waals surface area (Å²) in [6.07, 6.45) is 0. The van der Waals surface area contributed by atoms with Crippen molar-refractivity contribution in [1.29, 1.82) is 0 Å². The molecule has 0 unspecified atom stereocenters. The second-order valence-electron chi connectivity index (χ2n) is 4.08. The van der Waals surface area contributed by atoms with Crippen molar-refractivity contribution in [2.75, 3.05) is 27.0 Å². The number of aliphatic hydroxyl groups excluding tert-OH is 1. The predicted octanol–water partition coefficient (Wildman–Crippen LogP) is 2.36. The molecule has 0 fully saturated rings. The van der Waals surface area contributed by atoms with Gasteiger partial charge in [-0.1, -0.05) is 19.1 Å². The van der Waals surface area contributed by atoms with Gasteiger partial charge in [0, 0.05) is 12.1 Å². The molecule has 0 saturated carbocycles. The molecule has 1 rings (SSSR count). The number of benzene rings is 1. The number of hydrogen-bond acceptors (Lipinski definition) is 4. The van der Waals surface area contributed by atoms with Gasteiger partial charge in [0.05, 0.1) is 18.6 Å². The Labute approximate surface area is 108 Å². The van der Waals surface area contributed by atoms with Gasteiger partial charge in [0.2, 0.25) is 0 Å². The van der Waals surface area contributed by atoms with Crippen molar-refractivity contribution in [3.05, 3.63) is 23.3 Å². The Morgan fingerprint density at radius 2 is 1.94 bits per heavy atom. The van der Waals surface area contributed by atoms with E-state index in [9.17, 15) is 5.11 Å². The Kier molecular flexibility index (Phi) is 5.82. The molecule has 1 N–H and O–H groups in total. The summed E-state index contributed by atoms with van der Waals surface area (Å²) in [6, 6.07) is 4.02. The van der Waals surface area contributed by atoms with Gasteiger partial charge in [-0.3, -0.25) is 0 Å². The highest BCUT2D eigenvalue weighted by atomic mass is 32.2. The van der Waals surface area contributed by atoms with Crippen molar-refractivity contribution in [1.82, 2.24) is 4.90 Å². The number of nitrogens with zero attached hydrogens (tertiary/aromatic N) is 1. The third-order valence-electron chi connectivity index (χ3n) is 2.42. The van der Waals surface area contributed by atoms with Crippen LogP contribution in [0.5, 0.6) is 5.75 Å². The number of rotatable bonds is 6. The largest absolute Gasteiger partial charge is 0.495 e. The fourth-order valence-corrected chi connectivity index (χ4v) is 2.71. The highest BCUT2D eigenvalue weighted by molar-refractivity contribution is 7.99. The number of ether oxygens (including phenoxy) is 1. The van der Waals surface area contributed by atoms with E-state index in [1.807, 2.05) is 26.2 Å². The van der Waals surface area contributed by atoms with Gasteiger partial charge >= 0.3 is 0 Å². The van der Waals surface area contributed by atoms with Gasteiger partial charge in [-0.2, -0.15) is 0 Å². The van der Waals surface area contributed by atoms with Gasteiger partial charge in [-0.15, -0.1) is 11.8 Å².